The van der Waals surface area contributed by atoms with Gasteiger partial charge in [0.25, 0.3) is 0 Å². The molecule has 0 aromatic carbocycles. The maximum absolute atomic E-state index is 3.51. The average Bonchev–Trinajstić information content (AvgIpc) is 2.00. The van der Waals surface area contributed by atoms with Gasteiger partial charge in [-0.15, -0.1) is 0 Å². The summed E-state index contributed by atoms with van der Waals surface area (Å²) in [6, 6.07) is 0. The quantitative estimate of drug-likeness (QED) is 0.626. The predicted molar refractivity (Wildman–Crippen MR) is 40.2 cm³/mol. The zero-order valence-electron chi connectivity index (χ0n) is 5.74. The van der Waals surface area contributed by atoms with Crippen LogP contribution < -0.4 is 6.25 Å². The van der Waals surface area contributed by atoms with E-state index < -0.39 is 24.8 Å². The monoisotopic (exact) mass is 322 g/mol. The van der Waals surface area contributed by atoms with E-state index >= 15 is 0 Å². The van der Waals surface area contributed by atoms with Crippen LogP contribution in [0.1, 0.15) is 25.7 Å². The van der Waals surface area contributed by atoms with E-state index in [-0.39, 0.29) is 0 Å². The van der Waals surface area contributed by atoms with Crippen molar-refractivity contribution in [2.24, 2.45) is 0 Å². The SMILES string of the molecule is C1CCC[NH][Pb][NH]CC1. The second kappa shape index (κ2) is 5.61. The van der Waals surface area contributed by atoms with Crippen molar-refractivity contribution < 1.29 is 0 Å². The third-order valence-electron chi connectivity index (χ3n) is 1.53. The molecule has 0 aromatic heterocycles. The molecule has 2 radical (unpaired) electrons. The zero-order valence-corrected chi connectivity index (χ0v) is 9.63. The van der Waals surface area contributed by atoms with Gasteiger partial charge in [0.1, 0.15) is 0 Å². The second-order valence-corrected chi connectivity index (χ2v) is 6.11. The molecule has 0 amide bonds. The predicted octanol–water partition coefficient (Wildman–Crippen LogP) is 0.274. The van der Waals surface area contributed by atoms with E-state index in [1.165, 1.54) is 38.8 Å². The van der Waals surface area contributed by atoms with Crippen LogP contribution in [0, 0.1) is 0 Å². The first kappa shape index (κ1) is 7.94. The fraction of sp³-hybridized carbons (Fsp3) is 1.00. The minimum atomic E-state index is -0.499. The van der Waals surface area contributed by atoms with Gasteiger partial charge in [-0.25, -0.2) is 0 Å². The molecule has 1 aliphatic rings. The van der Waals surface area contributed by atoms with Gasteiger partial charge in [0.2, 0.25) is 0 Å². The van der Waals surface area contributed by atoms with Crippen LogP contribution in [0.5, 0.6) is 0 Å². The van der Waals surface area contributed by atoms with Crippen molar-refractivity contribution in [1.82, 2.24) is 6.25 Å². The van der Waals surface area contributed by atoms with Gasteiger partial charge in [0.05, 0.1) is 0 Å². The summed E-state index contributed by atoms with van der Waals surface area (Å²) < 4.78 is 7.02. The summed E-state index contributed by atoms with van der Waals surface area (Å²) in [6.07, 6.45) is 5.65. The van der Waals surface area contributed by atoms with Crippen molar-refractivity contribution in [2.45, 2.75) is 25.7 Å². The van der Waals surface area contributed by atoms with Crippen LogP contribution in [0.4, 0.5) is 0 Å². The number of rotatable bonds is 0. The van der Waals surface area contributed by atoms with E-state index in [4.69, 9.17) is 0 Å². The van der Waals surface area contributed by atoms with E-state index in [0.717, 1.165) is 0 Å². The van der Waals surface area contributed by atoms with Crippen molar-refractivity contribution in [3.05, 3.63) is 0 Å². The Morgan fingerprint density at radius 2 is 1.33 bits per heavy atom. The molecule has 0 bridgehead atoms. The van der Waals surface area contributed by atoms with Gasteiger partial charge in [0.15, 0.2) is 0 Å². The molecule has 0 aliphatic carbocycles. The number of hydrogen-bond donors (Lipinski definition) is 2. The Labute approximate surface area is 69.8 Å². The molecule has 1 rings (SSSR count). The van der Waals surface area contributed by atoms with Crippen LogP contribution in [0.2, 0.25) is 0 Å². The molecule has 3 heteroatoms. The van der Waals surface area contributed by atoms with Crippen LogP contribution in [0.25, 0.3) is 0 Å². The van der Waals surface area contributed by atoms with Crippen LogP contribution in [-0.2, 0) is 0 Å². The van der Waals surface area contributed by atoms with Crippen molar-refractivity contribution in [3.8, 4) is 0 Å². The van der Waals surface area contributed by atoms with Gasteiger partial charge in [0, 0.05) is 0 Å². The summed E-state index contributed by atoms with van der Waals surface area (Å²) in [4.78, 5) is 0. The molecule has 0 atom stereocenters. The Morgan fingerprint density at radius 3 is 1.89 bits per heavy atom. The standard InChI is InChI=1S/C6H14N2.Pb/c7-5-3-1-2-4-6-8;/h7-8H,1-6H2;/q-2;+2. The molecular formula is C6H14N2Pb. The van der Waals surface area contributed by atoms with Crippen LogP contribution in [0.15, 0.2) is 0 Å². The first-order valence-electron chi connectivity index (χ1n) is 3.71. The Kier molecular flexibility index (Phi) is 4.95. The number of nitrogens with one attached hydrogen (secondary N) is 2. The normalized spacial score (nSPS) is 24.0. The van der Waals surface area contributed by atoms with Crippen LogP contribution in [-0.4, -0.2) is 37.9 Å². The van der Waals surface area contributed by atoms with Crippen molar-refractivity contribution in [3.63, 3.8) is 0 Å². The molecule has 1 heterocycles. The van der Waals surface area contributed by atoms with Gasteiger partial charge >= 0.3 is 69.9 Å². The summed E-state index contributed by atoms with van der Waals surface area (Å²) in [6.45, 7) is 2.55. The van der Waals surface area contributed by atoms with Gasteiger partial charge in [-0.1, -0.05) is 0 Å². The maximum atomic E-state index is 3.51. The van der Waals surface area contributed by atoms with Crippen molar-refractivity contribution in [1.29, 1.82) is 0 Å². The molecule has 0 unspecified atom stereocenters. The number of hydrogen-bond acceptors (Lipinski definition) is 2. The average molecular weight is 321 g/mol. The van der Waals surface area contributed by atoms with Crippen LogP contribution in [0.3, 0.4) is 0 Å². The Bertz CT molecular complexity index is 39.5. The van der Waals surface area contributed by atoms with Gasteiger partial charge in [-0.2, -0.15) is 0 Å². The Morgan fingerprint density at radius 1 is 0.778 bits per heavy atom. The van der Waals surface area contributed by atoms with Crippen molar-refractivity contribution >= 4 is 24.8 Å². The van der Waals surface area contributed by atoms with Crippen molar-refractivity contribution in [2.75, 3.05) is 13.1 Å². The summed E-state index contributed by atoms with van der Waals surface area (Å²) in [7, 11) is 0. The second-order valence-electron chi connectivity index (χ2n) is 2.39. The van der Waals surface area contributed by atoms with E-state index in [1.54, 1.807) is 0 Å². The van der Waals surface area contributed by atoms with Gasteiger partial charge < -0.3 is 0 Å². The molecule has 1 fully saturated rings. The Balaban J connectivity index is 2.02. The van der Waals surface area contributed by atoms with E-state index in [2.05, 4.69) is 6.25 Å². The molecule has 0 saturated carbocycles. The molecule has 1 aliphatic heterocycles. The zero-order chi connectivity index (χ0) is 6.36. The first-order chi connectivity index (χ1) is 4.50. The Hall–Kier alpha value is 0.842. The fourth-order valence-corrected chi connectivity index (χ4v) is 3.80. The van der Waals surface area contributed by atoms with E-state index in [1.807, 2.05) is 0 Å². The fourth-order valence-electron chi connectivity index (χ4n) is 0.968. The van der Waals surface area contributed by atoms with E-state index in [0.29, 0.717) is 0 Å². The third-order valence-corrected chi connectivity index (χ3v) is 4.85. The molecular weight excluding hydrogens is 307 g/mol. The van der Waals surface area contributed by atoms with E-state index in [9.17, 15) is 0 Å². The molecule has 9 heavy (non-hydrogen) atoms. The molecule has 1 saturated heterocycles. The molecule has 52 valence electrons. The molecule has 2 N–H and O–H groups in total. The van der Waals surface area contributed by atoms with Gasteiger partial charge in [-0.05, 0) is 0 Å². The summed E-state index contributed by atoms with van der Waals surface area (Å²) >= 11 is -0.499. The van der Waals surface area contributed by atoms with Gasteiger partial charge in [-0.3, -0.25) is 0 Å². The molecule has 2 nitrogen and oxygen atoms in total. The first-order valence-corrected chi connectivity index (χ1v) is 7.59. The van der Waals surface area contributed by atoms with Crippen LogP contribution >= 0.6 is 0 Å². The minimum absolute atomic E-state index is 0.499. The topological polar surface area (TPSA) is 24.1 Å². The third kappa shape index (κ3) is 4.27. The summed E-state index contributed by atoms with van der Waals surface area (Å²) in [5.74, 6) is 0. The molecule has 0 aromatic rings. The summed E-state index contributed by atoms with van der Waals surface area (Å²) in [5, 5.41) is 0. The molecule has 0 spiro atoms. The summed E-state index contributed by atoms with van der Waals surface area (Å²) in [5.41, 5.74) is 0.